The van der Waals surface area contributed by atoms with Crippen LogP contribution in [0.4, 0.5) is 10.1 Å². The van der Waals surface area contributed by atoms with Crippen LogP contribution in [0.25, 0.3) is 0 Å². The number of benzene rings is 1. The topological polar surface area (TPSA) is 38.5 Å². The van der Waals surface area contributed by atoms with Crippen LogP contribution in [-0.2, 0) is 11.2 Å². The Labute approximate surface area is 108 Å². The molecule has 0 bridgehead atoms. The van der Waals surface area contributed by atoms with Gasteiger partial charge in [0.1, 0.15) is 5.82 Å². The van der Waals surface area contributed by atoms with Gasteiger partial charge in [-0.15, -0.1) is 0 Å². The number of halogens is 1. The van der Waals surface area contributed by atoms with Gasteiger partial charge in [-0.1, -0.05) is 0 Å². The summed E-state index contributed by atoms with van der Waals surface area (Å²) in [6.45, 7) is 6.35. The Hall–Kier alpha value is -1.13. The number of hydrogen-bond donors (Lipinski definition) is 1. The number of nitrogens with zero attached hydrogens (tertiary/aromatic N) is 1. The van der Waals surface area contributed by atoms with E-state index in [0.29, 0.717) is 12.5 Å². The minimum atomic E-state index is -0.199. The van der Waals surface area contributed by atoms with Gasteiger partial charge in [-0.2, -0.15) is 0 Å². The predicted molar refractivity (Wildman–Crippen MR) is 71.4 cm³/mol. The third-order valence-electron chi connectivity index (χ3n) is 3.26. The van der Waals surface area contributed by atoms with E-state index in [-0.39, 0.29) is 11.9 Å². The molecule has 1 saturated heterocycles. The first-order valence-electron chi connectivity index (χ1n) is 6.46. The van der Waals surface area contributed by atoms with Crippen LogP contribution in [0.1, 0.15) is 19.4 Å². The van der Waals surface area contributed by atoms with Crippen molar-refractivity contribution in [3.05, 3.63) is 29.6 Å². The third kappa shape index (κ3) is 3.00. The molecule has 1 aromatic carbocycles. The molecular weight excluding hydrogens is 231 g/mol. The lowest BCUT2D eigenvalue weighted by atomic mass is 10.0. The molecule has 0 radical (unpaired) electrons. The van der Waals surface area contributed by atoms with Gasteiger partial charge in [0.15, 0.2) is 0 Å². The highest BCUT2D eigenvalue weighted by Crippen LogP contribution is 2.26. The van der Waals surface area contributed by atoms with Crippen LogP contribution in [0.5, 0.6) is 0 Å². The highest BCUT2D eigenvalue weighted by atomic mass is 19.1. The first-order chi connectivity index (χ1) is 8.58. The molecular formula is C14H21FN2O. The molecule has 100 valence electrons. The van der Waals surface area contributed by atoms with Gasteiger partial charge in [-0.3, -0.25) is 0 Å². The summed E-state index contributed by atoms with van der Waals surface area (Å²) in [6, 6.07) is 5.32. The summed E-state index contributed by atoms with van der Waals surface area (Å²) in [5.74, 6) is -0.199. The van der Waals surface area contributed by atoms with E-state index in [1.54, 1.807) is 6.07 Å². The summed E-state index contributed by atoms with van der Waals surface area (Å²) >= 11 is 0. The maximum absolute atomic E-state index is 13.4. The molecule has 1 heterocycles. The van der Waals surface area contributed by atoms with Crippen LogP contribution >= 0.6 is 0 Å². The highest BCUT2D eigenvalue weighted by molar-refractivity contribution is 5.55. The Bertz CT molecular complexity index is 409. The summed E-state index contributed by atoms with van der Waals surface area (Å²) in [5, 5.41) is 0. The summed E-state index contributed by atoms with van der Waals surface area (Å²) in [6.07, 6.45) is 0.692. The first kappa shape index (κ1) is 13.3. The molecule has 0 aliphatic carbocycles. The predicted octanol–water partition coefficient (Wildman–Crippen LogP) is 1.94. The molecule has 1 aromatic rings. The molecule has 0 spiro atoms. The Kier molecular flexibility index (Phi) is 4.19. The summed E-state index contributed by atoms with van der Waals surface area (Å²) < 4.78 is 18.8. The quantitative estimate of drug-likeness (QED) is 0.893. The molecule has 1 fully saturated rings. The van der Waals surface area contributed by atoms with Gasteiger partial charge in [-0.05, 0) is 44.0 Å². The van der Waals surface area contributed by atoms with Crippen LogP contribution in [0.15, 0.2) is 18.2 Å². The second-order valence-corrected chi connectivity index (χ2v) is 5.07. The molecule has 2 unspecified atom stereocenters. The second-order valence-electron chi connectivity index (χ2n) is 5.07. The second kappa shape index (κ2) is 5.67. The van der Waals surface area contributed by atoms with Crippen LogP contribution in [0.3, 0.4) is 0 Å². The molecule has 2 atom stereocenters. The van der Waals surface area contributed by atoms with Gasteiger partial charge in [0.25, 0.3) is 0 Å². The maximum atomic E-state index is 13.4. The molecule has 18 heavy (non-hydrogen) atoms. The van der Waals surface area contributed by atoms with E-state index in [9.17, 15) is 4.39 Å². The van der Waals surface area contributed by atoms with E-state index in [1.165, 1.54) is 6.07 Å². The molecule has 1 aliphatic heterocycles. The van der Waals surface area contributed by atoms with Crippen LogP contribution < -0.4 is 10.6 Å². The number of anilines is 1. The molecule has 2 rings (SSSR count). The van der Waals surface area contributed by atoms with Crippen molar-refractivity contribution < 1.29 is 9.13 Å². The van der Waals surface area contributed by atoms with Crippen LogP contribution in [0.2, 0.25) is 0 Å². The third-order valence-corrected chi connectivity index (χ3v) is 3.26. The van der Waals surface area contributed by atoms with Crippen molar-refractivity contribution in [3.63, 3.8) is 0 Å². The zero-order valence-corrected chi connectivity index (χ0v) is 11.0. The largest absolute Gasteiger partial charge is 0.377 e. The van der Waals surface area contributed by atoms with Crippen LogP contribution in [0, 0.1) is 5.82 Å². The van der Waals surface area contributed by atoms with E-state index in [2.05, 4.69) is 11.8 Å². The van der Waals surface area contributed by atoms with Crippen molar-refractivity contribution >= 4 is 5.69 Å². The normalized spacial score (nSPS) is 22.0. The standard InChI is InChI=1S/C14H21FN2O/c1-10(16)7-12-8-13(15)3-4-14(12)17-5-6-18-9-11(17)2/h3-4,8,10-11H,5-7,9,16H2,1-2H3. The smallest absolute Gasteiger partial charge is 0.123 e. The lowest BCUT2D eigenvalue weighted by Crippen LogP contribution is -2.44. The molecule has 0 amide bonds. The zero-order valence-electron chi connectivity index (χ0n) is 11.0. The molecule has 2 N–H and O–H groups in total. The lowest BCUT2D eigenvalue weighted by molar-refractivity contribution is 0.0988. The minimum Gasteiger partial charge on any atom is -0.377 e. The van der Waals surface area contributed by atoms with Gasteiger partial charge in [-0.25, -0.2) is 4.39 Å². The number of ether oxygens (including phenoxy) is 1. The van der Waals surface area contributed by atoms with Crippen LogP contribution in [-0.4, -0.2) is 31.8 Å². The van der Waals surface area contributed by atoms with Crippen molar-refractivity contribution in [3.8, 4) is 0 Å². The van der Waals surface area contributed by atoms with Crippen molar-refractivity contribution in [2.24, 2.45) is 5.73 Å². The summed E-state index contributed by atoms with van der Waals surface area (Å²) in [4.78, 5) is 2.28. The van der Waals surface area contributed by atoms with Gasteiger partial charge >= 0.3 is 0 Å². The lowest BCUT2D eigenvalue weighted by Gasteiger charge is -2.36. The number of nitrogens with two attached hydrogens (primary N) is 1. The molecule has 3 nitrogen and oxygen atoms in total. The average molecular weight is 252 g/mol. The number of morpholine rings is 1. The van der Waals surface area contributed by atoms with Gasteiger partial charge in [0.05, 0.1) is 13.2 Å². The highest BCUT2D eigenvalue weighted by Gasteiger charge is 2.21. The maximum Gasteiger partial charge on any atom is 0.123 e. The SMILES string of the molecule is CC(N)Cc1cc(F)ccc1N1CCOCC1C. The van der Waals surface area contributed by atoms with Crippen molar-refractivity contribution in [1.82, 2.24) is 0 Å². The molecule has 4 heteroatoms. The first-order valence-corrected chi connectivity index (χ1v) is 6.46. The van der Waals surface area contributed by atoms with Gasteiger partial charge in [0, 0.05) is 24.3 Å². The molecule has 0 saturated carbocycles. The van der Waals surface area contributed by atoms with E-state index < -0.39 is 0 Å². The van der Waals surface area contributed by atoms with E-state index in [1.807, 2.05) is 13.0 Å². The fourth-order valence-corrected chi connectivity index (χ4v) is 2.43. The summed E-state index contributed by atoms with van der Waals surface area (Å²) in [7, 11) is 0. The van der Waals surface area contributed by atoms with E-state index in [0.717, 1.165) is 31.0 Å². The van der Waals surface area contributed by atoms with Crippen molar-refractivity contribution in [2.75, 3.05) is 24.7 Å². The average Bonchev–Trinajstić information content (AvgIpc) is 2.30. The van der Waals surface area contributed by atoms with E-state index in [4.69, 9.17) is 10.5 Å². The number of rotatable bonds is 3. The number of hydrogen-bond acceptors (Lipinski definition) is 3. The van der Waals surface area contributed by atoms with Gasteiger partial charge in [0.2, 0.25) is 0 Å². The van der Waals surface area contributed by atoms with Gasteiger partial charge < -0.3 is 15.4 Å². The minimum absolute atomic E-state index is 0.0295. The Morgan fingerprint density at radius 1 is 1.56 bits per heavy atom. The molecule has 1 aliphatic rings. The summed E-state index contributed by atoms with van der Waals surface area (Å²) in [5.41, 5.74) is 7.91. The fraction of sp³-hybridized carbons (Fsp3) is 0.571. The van der Waals surface area contributed by atoms with Crippen molar-refractivity contribution in [2.45, 2.75) is 32.4 Å². The Morgan fingerprint density at radius 3 is 3.00 bits per heavy atom. The fourth-order valence-electron chi connectivity index (χ4n) is 2.43. The monoisotopic (exact) mass is 252 g/mol. The zero-order chi connectivity index (χ0) is 13.1. The Morgan fingerprint density at radius 2 is 2.33 bits per heavy atom. The van der Waals surface area contributed by atoms with Crippen molar-refractivity contribution in [1.29, 1.82) is 0 Å². The Balaban J connectivity index is 2.30. The van der Waals surface area contributed by atoms with E-state index >= 15 is 0 Å². The molecule has 0 aromatic heterocycles.